The van der Waals surface area contributed by atoms with Gasteiger partial charge in [0.1, 0.15) is 0 Å². The maximum absolute atomic E-state index is 12.3. The monoisotopic (exact) mass is 388 g/mol. The molecule has 1 aliphatic rings. The molecule has 0 atom stereocenters. The van der Waals surface area contributed by atoms with E-state index in [9.17, 15) is 21.6 Å². The van der Waals surface area contributed by atoms with Crippen molar-refractivity contribution < 1.29 is 21.6 Å². The minimum Gasteiger partial charge on any atom is -0.273 e. The second-order valence-corrected chi connectivity index (χ2v) is 10.9. The van der Waals surface area contributed by atoms with Crippen LogP contribution in [0.1, 0.15) is 34.1 Å². The number of anilines is 1. The van der Waals surface area contributed by atoms with Crippen LogP contribution in [0.15, 0.2) is 29.2 Å². The fraction of sp³-hybridized carbons (Fsp3) is 0.562. The van der Waals surface area contributed by atoms with E-state index in [1.807, 2.05) is 13.8 Å². The van der Waals surface area contributed by atoms with Crippen LogP contribution in [0.25, 0.3) is 0 Å². The highest BCUT2D eigenvalue weighted by Gasteiger charge is 2.49. The number of hydrogen-bond acceptors (Lipinski definition) is 5. The quantitative estimate of drug-likeness (QED) is 0.800. The summed E-state index contributed by atoms with van der Waals surface area (Å²) in [6, 6.07) is 5.30. The molecule has 1 aromatic rings. The van der Waals surface area contributed by atoms with Crippen molar-refractivity contribution in [2.45, 2.75) is 39.0 Å². The third-order valence-electron chi connectivity index (χ3n) is 3.98. The number of amides is 1. The summed E-state index contributed by atoms with van der Waals surface area (Å²) in [6.45, 7) is 7.47. The molecule has 0 spiro atoms. The number of benzene rings is 1. The molecule has 1 saturated heterocycles. The van der Waals surface area contributed by atoms with Gasteiger partial charge in [0.2, 0.25) is 26.0 Å². The van der Waals surface area contributed by atoms with E-state index in [1.54, 1.807) is 13.8 Å². The summed E-state index contributed by atoms with van der Waals surface area (Å²) in [7, 11) is -7.41. The van der Waals surface area contributed by atoms with Crippen molar-refractivity contribution in [1.29, 1.82) is 0 Å². The number of sulfonamides is 2. The van der Waals surface area contributed by atoms with Crippen molar-refractivity contribution in [3.63, 3.8) is 0 Å². The largest absolute Gasteiger partial charge is 0.273 e. The van der Waals surface area contributed by atoms with Crippen molar-refractivity contribution in [3.05, 3.63) is 24.3 Å². The lowest BCUT2D eigenvalue weighted by molar-refractivity contribution is -0.123. The first-order chi connectivity index (χ1) is 11.4. The number of carbonyl (C=O) groups is 1. The van der Waals surface area contributed by atoms with Gasteiger partial charge in [-0.3, -0.25) is 4.79 Å². The lowest BCUT2D eigenvalue weighted by Gasteiger charge is -2.17. The zero-order valence-corrected chi connectivity index (χ0v) is 16.4. The van der Waals surface area contributed by atoms with E-state index < -0.39 is 31.4 Å². The lowest BCUT2D eigenvalue weighted by atomic mass is 9.95. The molecule has 140 valence electrons. The summed E-state index contributed by atoms with van der Waals surface area (Å²) in [5, 5.41) is 0. The molecular formula is C16H24N2O5S2. The first kappa shape index (κ1) is 19.9. The highest BCUT2D eigenvalue weighted by Crippen LogP contribution is 2.35. The number of nitrogens with one attached hydrogen (secondary N) is 1. The van der Waals surface area contributed by atoms with Gasteiger partial charge >= 0.3 is 0 Å². The van der Waals surface area contributed by atoms with Gasteiger partial charge < -0.3 is 0 Å². The Bertz CT molecular complexity index is 856. The molecule has 0 unspecified atom stereocenters. The molecule has 9 heteroatoms. The molecule has 1 amide bonds. The minimum absolute atomic E-state index is 0.0308. The highest BCUT2D eigenvalue weighted by atomic mass is 32.2. The molecule has 0 aromatic heterocycles. The van der Waals surface area contributed by atoms with Crippen LogP contribution in [0.5, 0.6) is 0 Å². The zero-order chi connectivity index (χ0) is 19.0. The van der Waals surface area contributed by atoms with Crippen molar-refractivity contribution in [2.24, 2.45) is 11.3 Å². The van der Waals surface area contributed by atoms with Crippen LogP contribution in [-0.4, -0.2) is 35.0 Å². The summed E-state index contributed by atoms with van der Waals surface area (Å²) < 4.78 is 52.2. The molecule has 2 rings (SSSR count). The number of rotatable bonds is 6. The molecule has 0 radical (unpaired) electrons. The normalized spacial score (nSPS) is 19.6. The van der Waals surface area contributed by atoms with Crippen LogP contribution in [0.4, 0.5) is 5.69 Å². The summed E-state index contributed by atoms with van der Waals surface area (Å²) in [5.41, 5.74) is -0.848. The second kappa shape index (κ2) is 6.69. The lowest BCUT2D eigenvalue weighted by Crippen LogP contribution is -2.33. The number of hydrogen-bond donors (Lipinski definition) is 1. The molecule has 1 aliphatic heterocycles. The predicted octanol–water partition coefficient (Wildman–Crippen LogP) is 1.71. The van der Waals surface area contributed by atoms with Crippen LogP contribution >= 0.6 is 0 Å². The van der Waals surface area contributed by atoms with Crippen molar-refractivity contribution in [3.8, 4) is 0 Å². The molecule has 7 nitrogen and oxygen atoms in total. The van der Waals surface area contributed by atoms with E-state index in [0.717, 1.165) is 4.31 Å². The molecule has 1 heterocycles. The maximum atomic E-state index is 12.3. The Balaban J connectivity index is 2.24. The Morgan fingerprint density at radius 3 is 2.20 bits per heavy atom. The molecule has 1 fully saturated rings. The topological polar surface area (TPSA) is 101 Å². The van der Waals surface area contributed by atoms with Crippen LogP contribution in [0.3, 0.4) is 0 Å². The Hall–Kier alpha value is -1.45. The second-order valence-electron chi connectivity index (χ2n) is 7.28. The Morgan fingerprint density at radius 1 is 1.20 bits per heavy atom. The van der Waals surface area contributed by atoms with Gasteiger partial charge in [-0.1, -0.05) is 13.8 Å². The molecule has 0 bridgehead atoms. The van der Waals surface area contributed by atoms with E-state index >= 15 is 0 Å². The van der Waals surface area contributed by atoms with Crippen molar-refractivity contribution in [2.75, 3.05) is 16.6 Å². The molecule has 1 N–H and O–H groups in total. The van der Waals surface area contributed by atoms with E-state index in [1.165, 1.54) is 24.3 Å². The van der Waals surface area contributed by atoms with Crippen LogP contribution in [-0.2, 0) is 24.8 Å². The SMILES string of the molecule is CC(C)CCNS(=O)(=O)c1ccc(N2C(=O)C(C)(C)CS2(=O)=O)cc1. The first-order valence-corrected chi connectivity index (χ1v) is 11.1. The first-order valence-electron chi connectivity index (χ1n) is 8.04. The van der Waals surface area contributed by atoms with Gasteiger partial charge in [-0.2, -0.15) is 0 Å². The maximum Gasteiger partial charge on any atom is 0.247 e. The number of nitrogens with zero attached hydrogens (tertiary/aromatic N) is 1. The minimum atomic E-state index is -3.75. The van der Waals surface area contributed by atoms with E-state index in [0.29, 0.717) is 18.9 Å². The van der Waals surface area contributed by atoms with Gasteiger partial charge in [-0.05, 0) is 50.5 Å². The van der Waals surface area contributed by atoms with E-state index in [4.69, 9.17) is 0 Å². The number of carbonyl (C=O) groups excluding carboxylic acids is 1. The van der Waals surface area contributed by atoms with Crippen molar-refractivity contribution in [1.82, 2.24) is 4.72 Å². The molecule has 1 aromatic carbocycles. The fourth-order valence-electron chi connectivity index (χ4n) is 2.59. The van der Waals surface area contributed by atoms with Crippen LogP contribution < -0.4 is 9.03 Å². The predicted molar refractivity (Wildman–Crippen MR) is 96.1 cm³/mol. The highest BCUT2D eigenvalue weighted by molar-refractivity contribution is 7.94. The van der Waals surface area contributed by atoms with Crippen LogP contribution in [0, 0.1) is 11.3 Å². The van der Waals surface area contributed by atoms with E-state index in [-0.39, 0.29) is 16.3 Å². The molecule has 0 saturated carbocycles. The smallest absolute Gasteiger partial charge is 0.247 e. The summed E-state index contributed by atoms with van der Waals surface area (Å²) in [6.07, 6.45) is 0.715. The van der Waals surface area contributed by atoms with Gasteiger partial charge in [-0.15, -0.1) is 0 Å². The summed E-state index contributed by atoms with van der Waals surface area (Å²) in [5.74, 6) is -0.409. The summed E-state index contributed by atoms with van der Waals surface area (Å²) >= 11 is 0. The van der Waals surface area contributed by atoms with Gasteiger partial charge in [0.25, 0.3) is 0 Å². The Kier molecular flexibility index (Phi) is 5.32. The molecule has 25 heavy (non-hydrogen) atoms. The molecule has 0 aliphatic carbocycles. The molecular weight excluding hydrogens is 364 g/mol. The van der Waals surface area contributed by atoms with Gasteiger partial charge in [0.15, 0.2) is 0 Å². The average Bonchev–Trinajstić information content (AvgIpc) is 2.62. The summed E-state index contributed by atoms with van der Waals surface area (Å²) in [4.78, 5) is 12.4. The fourth-order valence-corrected chi connectivity index (χ4v) is 5.74. The van der Waals surface area contributed by atoms with E-state index in [2.05, 4.69) is 4.72 Å². The third-order valence-corrected chi connectivity index (χ3v) is 7.48. The standard InChI is InChI=1S/C16H24N2O5S2/c1-12(2)9-10-17-25(22,23)14-7-5-13(6-8-14)18-15(19)16(3,4)11-24(18,20)21/h5-8,12,17H,9-11H2,1-4H3. The van der Waals surface area contributed by atoms with Crippen molar-refractivity contribution >= 4 is 31.6 Å². The van der Waals surface area contributed by atoms with Crippen LogP contribution in [0.2, 0.25) is 0 Å². The Morgan fingerprint density at radius 2 is 1.76 bits per heavy atom. The Labute approximate surface area is 149 Å². The zero-order valence-electron chi connectivity index (χ0n) is 14.8. The van der Waals surface area contributed by atoms with Gasteiger partial charge in [-0.25, -0.2) is 25.9 Å². The van der Waals surface area contributed by atoms with Gasteiger partial charge in [0, 0.05) is 6.54 Å². The average molecular weight is 389 g/mol. The third kappa shape index (κ3) is 4.21. The van der Waals surface area contributed by atoms with Gasteiger partial charge in [0.05, 0.1) is 21.8 Å².